The molecule has 9 amide bonds. The summed E-state index contributed by atoms with van der Waals surface area (Å²) in [5, 5.41) is 27.8. The number of H-pyrrole nitrogens is 2. The summed E-state index contributed by atoms with van der Waals surface area (Å²) in [7, 11) is 1.46. The summed E-state index contributed by atoms with van der Waals surface area (Å²) in [6, 6.07) is 11.3. The van der Waals surface area contributed by atoms with Crippen molar-refractivity contribution in [3.63, 3.8) is 0 Å². The van der Waals surface area contributed by atoms with E-state index < -0.39 is 199 Å². The number of nitrogens with zero attached hydrogens (tertiary/aromatic N) is 3. The van der Waals surface area contributed by atoms with E-state index in [-0.39, 0.29) is 71.2 Å². The number of hydrogen-bond donors (Lipinski definition) is 11. The Kier molecular flexibility index (Phi) is 27.9. The van der Waals surface area contributed by atoms with Crippen LogP contribution in [0.1, 0.15) is 125 Å². The number of rotatable bonds is 16. The molecule has 1 aliphatic carbocycles. The molecule has 6 heterocycles. The van der Waals surface area contributed by atoms with Crippen LogP contribution in [-0.2, 0) is 89.6 Å². The number of nitrogens with two attached hydrogens (primary N) is 2. The summed E-state index contributed by atoms with van der Waals surface area (Å²) < 4.78 is 57.8. The molecule has 0 radical (unpaired) electrons. The number of fused-ring (bicyclic) bond motifs is 32. The predicted molar refractivity (Wildman–Crippen MR) is 400 cm³/mol. The Labute approximate surface area is 639 Å². The van der Waals surface area contributed by atoms with Crippen molar-refractivity contribution in [1.29, 1.82) is 0 Å². The molecule has 11 rings (SSSR count). The number of aliphatic hydroxyl groups excluding tert-OH is 1. The second-order valence-electron chi connectivity index (χ2n) is 29.4. The Morgan fingerprint density at radius 3 is 2.22 bits per heavy atom. The number of imidazole rings is 1. The second kappa shape index (κ2) is 37.6. The van der Waals surface area contributed by atoms with Crippen molar-refractivity contribution < 1.29 is 85.3 Å². The summed E-state index contributed by atoms with van der Waals surface area (Å²) in [5.41, 5.74) is 14.0. The van der Waals surface area contributed by atoms with E-state index in [9.17, 15) is 48.3 Å². The molecular weight excluding hydrogens is 1440 g/mol. The molecule has 4 aromatic carbocycles. The van der Waals surface area contributed by atoms with Gasteiger partial charge in [0.1, 0.15) is 60.1 Å². The average Bonchev–Trinajstić information content (AvgIpc) is 1.68. The fourth-order valence-corrected chi connectivity index (χ4v) is 15.0. The number of hydrogen-bond acceptors (Lipinski definition) is 17. The van der Waals surface area contributed by atoms with Crippen molar-refractivity contribution in [1.82, 2.24) is 56.7 Å². The first kappa shape index (κ1) is 82.4. The van der Waals surface area contributed by atoms with Crippen LogP contribution in [0.2, 0.25) is 0 Å². The normalized spacial score (nSPS) is 25.2. The van der Waals surface area contributed by atoms with Gasteiger partial charge in [-0.25, -0.2) is 18.2 Å². The van der Waals surface area contributed by atoms with Crippen molar-refractivity contribution in [2.24, 2.45) is 29.2 Å². The molecule has 2 saturated heterocycles. The van der Waals surface area contributed by atoms with Crippen LogP contribution in [0.3, 0.4) is 0 Å². The lowest BCUT2D eigenvalue weighted by atomic mass is 9.84. The number of allylic oxidation sites excluding steroid dienone is 1. The minimum atomic E-state index is -1.90. The lowest BCUT2D eigenvalue weighted by Gasteiger charge is -2.37. The number of methoxy groups -OCH3 is 1. The first-order valence-electron chi connectivity index (χ1n) is 37.4. The van der Waals surface area contributed by atoms with Gasteiger partial charge in [0.15, 0.2) is 17.3 Å². The maximum Gasteiger partial charge on any atom is 0.246 e. The Hall–Kier alpha value is -11.1. The topological polar surface area (TPSA) is 419 Å². The monoisotopic (exact) mass is 1540 g/mol. The average molecular weight is 1540 g/mol. The number of alkyl halides is 1. The first-order chi connectivity index (χ1) is 53.1. The highest BCUT2D eigenvalue weighted by atomic mass is 19.1. The number of primary amides is 1. The number of benzene rings is 4. The Morgan fingerprint density at radius 1 is 0.793 bits per heavy atom. The fourth-order valence-electron chi connectivity index (χ4n) is 15.0. The van der Waals surface area contributed by atoms with Gasteiger partial charge >= 0.3 is 0 Å². The molecule has 13 N–H and O–H groups in total. The van der Waals surface area contributed by atoms with Crippen molar-refractivity contribution in [3.8, 4) is 11.5 Å². The van der Waals surface area contributed by atoms with E-state index in [2.05, 4.69) is 46.9 Å². The molecular formula is C80H96F3N13O15. The molecule has 592 valence electrons. The smallest absolute Gasteiger partial charge is 0.246 e. The first-order valence-corrected chi connectivity index (χ1v) is 37.4. The van der Waals surface area contributed by atoms with Gasteiger partial charge in [0.25, 0.3) is 0 Å². The van der Waals surface area contributed by atoms with E-state index in [0.29, 0.717) is 80.7 Å². The molecule has 0 spiro atoms. The van der Waals surface area contributed by atoms with Crippen LogP contribution in [0.15, 0.2) is 110 Å². The maximum atomic E-state index is 16.3. The molecule has 5 aliphatic rings. The largest absolute Gasteiger partial charge is 0.497 e. The molecule has 0 saturated carbocycles. The third-order valence-electron chi connectivity index (χ3n) is 21.3. The summed E-state index contributed by atoms with van der Waals surface area (Å²) in [4.78, 5) is 187. The van der Waals surface area contributed by atoms with Crippen molar-refractivity contribution in [2.45, 2.75) is 178 Å². The highest BCUT2D eigenvalue weighted by Crippen LogP contribution is 2.36. The minimum absolute atomic E-state index is 0.00976. The fraction of sp³-hybridized carbons (Fsp3) is 0.463. The molecule has 2 bridgehead atoms. The van der Waals surface area contributed by atoms with E-state index in [1.54, 1.807) is 67.6 Å². The standard InChI is InChI=1S/C80H96F3N13O15/c1-44-67(98)33-52(30-53-40-88-62-22-17-55(82)36-61(53)62)75(105)92-65(31-49-14-13-48-15-16-54(81)35-60(48)49)78(108)95-42-56(83)37-66(95)76(106)94-72(45(2)97)77(107)93-64(29-47-9-18-58(110-4)19-10-47)79(109)96-26-7-23-80(96,3)69(100)34-51(73(85)103)28-46-11-20-59(21-12-46)111-27-25-87-70(101)39-63(91-71(102)38-57-41-86-43-89-57)68(99)32-50(74(104)90-44)8-5-6-24-84/h9-12,14-22,35-36,40-41,43-45,50-52,56,63-66,72,88,97H,5-8,13,23-34,37-39,42,84H2,1-4H3,(H2,85,103)(H,86,89)(H,87,101)(H,90,104)(H,91,102)(H,92,105)(H,93,107)(H,94,106)/t44-,45-,50-,51-,52-,56+,63+,64+,65+,66+,72+,80+/m1/s1. The number of ether oxygens (including phenoxy) is 2. The van der Waals surface area contributed by atoms with E-state index >= 15 is 27.6 Å². The van der Waals surface area contributed by atoms with Crippen LogP contribution in [0.4, 0.5) is 13.2 Å². The summed E-state index contributed by atoms with van der Waals surface area (Å²) >= 11 is 0. The van der Waals surface area contributed by atoms with Crippen molar-refractivity contribution in [3.05, 3.63) is 155 Å². The third kappa shape index (κ3) is 21.3. The quantitative estimate of drug-likeness (QED) is 0.0613. The van der Waals surface area contributed by atoms with Gasteiger partial charge in [-0.05, 0) is 160 Å². The van der Waals surface area contributed by atoms with Gasteiger partial charge in [0.2, 0.25) is 53.2 Å². The molecule has 28 nitrogen and oxygen atoms in total. The molecule has 12 atom stereocenters. The lowest BCUT2D eigenvalue weighted by Crippen LogP contribution is -2.62. The van der Waals surface area contributed by atoms with Gasteiger partial charge in [-0.3, -0.25) is 57.5 Å². The summed E-state index contributed by atoms with van der Waals surface area (Å²) in [6.07, 6.45) is -0.109. The Balaban J connectivity index is 0.991. The highest BCUT2D eigenvalue weighted by Gasteiger charge is 2.49. The number of Topliss-reactive ketones (excluding diaryl/α,β-unsaturated/α-hetero) is 3. The number of nitrogens with one attached hydrogen (secondary N) is 8. The van der Waals surface area contributed by atoms with Crippen LogP contribution in [0, 0.1) is 29.4 Å². The number of aromatic amines is 2. The van der Waals surface area contributed by atoms with Gasteiger partial charge in [-0.15, -0.1) is 0 Å². The number of ketones is 3. The maximum absolute atomic E-state index is 16.3. The number of unbranched alkanes of at least 4 members (excludes halogenated alkanes) is 1. The highest BCUT2D eigenvalue weighted by molar-refractivity contribution is 6.01. The number of aromatic nitrogens is 3. The molecule has 2 aromatic heterocycles. The molecule has 4 aliphatic heterocycles. The van der Waals surface area contributed by atoms with Crippen molar-refractivity contribution in [2.75, 3.05) is 39.9 Å². The molecule has 31 heteroatoms. The number of carbonyl (C=O) groups excluding carboxylic acids is 12. The van der Waals surface area contributed by atoms with Crippen LogP contribution in [0.25, 0.3) is 16.5 Å². The van der Waals surface area contributed by atoms with E-state index in [1.165, 1.54) is 74.9 Å². The number of aliphatic hydroxyl groups is 1. The summed E-state index contributed by atoms with van der Waals surface area (Å²) in [5.74, 6) is -14.0. The number of amides is 9. The third-order valence-corrected chi connectivity index (χ3v) is 21.3. The summed E-state index contributed by atoms with van der Waals surface area (Å²) in [6.45, 7) is 3.43. The van der Waals surface area contributed by atoms with E-state index in [1.807, 2.05) is 0 Å². The van der Waals surface area contributed by atoms with Crippen LogP contribution in [0.5, 0.6) is 11.5 Å². The Bertz CT molecular complexity index is 4440. The van der Waals surface area contributed by atoms with Gasteiger partial charge in [0.05, 0.1) is 63.1 Å². The molecule has 0 unspecified atom stereocenters. The van der Waals surface area contributed by atoms with Crippen LogP contribution in [-0.4, -0.2) is 194 Å². The van der Waals surface area contributed by atoms with Gasteiger partial charge in [-0.1, -0.05) is 42.8 Å². The number of carbonyl (C=O) groups is 12. The zero-order chi connectivity index (χ0) is 79.8. The minimum Gasteiger partial charge on any atom is -0.497 e. The molecule has 2 fully saturated rings. The Morgan fingerprint density at radius 2 is 1.50 bits per heavy atom. The van der Waals surface area contributed by atoms with Gasteiger partial charge in [0, 0.05) is 91.8 Å². The van der Waals surface area contributed by atoms with Gasteiger partial charge < -0.3 is 77.7 Å². The molecule has 111 heavy (non-hydrogen) atoms. The predicted octanol–water partition coefficient (Wildman–Crippen LogP) is 3.86. The lowest BCUT2D eigenvalue weighted by molar-refractivity contribution is -0.147. The molecule has 6 aromatic rings. The van der Waals surface area contributed by atoms with Crippen molar-refractivity contribution >= 4 is 87.0 Å². The second-order valence-corrected chi connectivity index (χ2v) is 29.4. The van der Waals surface area contributed by atoms with Gasteiger partial charge in [-0.2, -0.15) is 0 Å². The van der Waals surface area contributed by atoms with E-state index in [0.717, 1.165) is 4.90 Å². The zero-order valence-corrected chi connectivity index (χ0v) is 62.4. The zero-order valence-electron chi connectivity index (χ0n) is 62.4. The van der Waals surface area contributed by atoms with Crippen LogP contribution < -0.4 is 52.8 Å². The van der Waals surface area contributed by atoms with Crippen LogP contribution >= 0.6 is 0 Å². The SMILES string of the molecule is COc1ccc(C[C@@H]2NC(=O)[C@H]([C@@H](C)O)NC(=O)[C@@H]3C[C@H](F)CN3C(=O)[C@H](CC3=CCc4ccc(F)cc43)NC(=O)[C@H](Cc3c[nH]c4ccc(F)cc34)CC(=O)[C@@H](C)NC(=O)[C@H](CCCCN)CC(=O)[C@@H](NC(=O)Cc3cnc[nH]3)CC(=O)NCCOc3ccc(cc3)C[C@@H](C(N)=O)CC(=O)[C@]3(C)CCCN3C2=O)cc1. The van der Waals surface area contributed by atoms with E-state index in [4.69, 9.17) is 20.9 Å². The number of halogens is 3.